The normalized spacial score (nSPS) is 28.8. The smallest absolute Gasteiger partial charge is 0.165 e. The Morgan fingerprint density at radius 1 is 1.05 bits per heavy atom. The van der Waals surface area contributed by atoms with Crippen LogP contribution in [0.3, 0.4) is 0 Å². The summed E-state index contributed by atoms with van der Waals surface area (Å²) in [5.41, 5.74) is 8.56. The van der Waals surface area contributed by atoms with Crippen LogP contribution < -0.4 is 10.6 Å². The van der Waals surface area contributed by atoms with Crippen LogP contribution in [-0.4, -0.2) is 131 Å². The molecule has 0 bridgehead atoms. The summed E-state index contributed by atoms with van der Waals surface area (Å²) in [4.78, 5) is 16.1. The number of hydrogen-bond acceptors (Lipinski definition) is 10. The molecule has 11 nitrogen and oxygen atoms in total. The molecule has 4 N–H and O–H groups in total. The molecule has 0 aliphatic carbocycles. The summed E-state index contributed by atoms with van der Waals surface area (Å²) >= 11 is 0. The highest BCUT2D eigenvalue weighted by Crippen LogP contribution is 2.38. The third kappa shape index (κ3) is 6.52. The molecule has 1 aromatic carbocycles. The monoisotopic (exact) mass is 556 g/mol. The van der Waals surface area contributed by atoms with Gasteiger partial charge in [0.1, 0.15) is 36.0 Å². The Labute approximate surface area is 238 Å². The highest BCUT2D eigenvalue weighted by molar-refractivity contribution is 5.49. The number of fused-ring (bicyclic) bond motifs is 1. The van der Waals surface area contributed by atoms with Gasteiger partial charge < -0.3 is 35.4 Å². The molecule has 0 amide bonds. The van der Waals surface area contributed by atoms with Gasteiger partial charge in [-0.1, -0.05) is 37.3 Å². The first-order valence-corrected chi connectivity index (χ1v) is 14.8. The van der Waals surface area contributed by atoms with Crippen molar-refractivity contribution in [3.8, 4) is 0 Å². The highest BCUT2D eigenvalue weighted by atomic mass is 16.6. The van der Waals surface area contributed by atoms with Gasteiger partial charge in [-0.3, -0.25) is 14.4 Å². The summed E-state index contributed by atoms with van der Waals surface area (Å²) in [5, 5.41) is 22.0. The number of nitrogens with two attached hydrogens (primary N) is 1. The van der Waals surface area contributed by atoms with E-state index in [1.54, 1.807) is 6.33 Å². The molecule has 11 heteroatoms. The zero-order chi connectivity index (χ0) is 28.2. The minimum absolute atomic E-state index is 0.320. The topological polar surface area (TPSA) is 110 Å². The number of aliphatic hydroxyl groups excluding tert-OH is 2. The summed E-state index contributed by atoms with van der Waals surface area (Å²) in [7, 11) is 4.05. The lowest BCUT2D eigenvalue weighted by molar-refractivity contribution is -0.0440. The first-order chi connectivity index (χ1) is 19.4. The van der Waals surface area contributed by atoms with Crippen molar-refractivity contribution in [2.24, 2.45) is 5.73 Å². The Balaban J connectivity index is 1.14. The van der Waals surface area contributed by atoms with Crippen molar-refractivity contribution in [3.63, 3.8) is 0 Å². The number of nitrogens with zero attached hydrogens (tertiary/aromatic N) is 7. The van der Waals surface area contributed by atoms with Gasteiger partial charge >= 0.3 is 0 Å². The molecule has 4 heterocycles. The second-order valence-electron chi connectivity index (χ2n) is 11.7. The molecule has 3 aliphatic heterocycles. The van der Waals surface area contributed by atoms with Crippen molar-refractivity contribution in [1.29, 1.82) is 0 Å². The van der Waals surface area contributed by atoms with E-state index < -0.39 is 24.5 Å². The molecule has 2 aromatic rings. The molecule has 2 saturated heterocycles. The van der Waals surface area contributed by atoms with Gasteiger partial charge in [0, 0.05) is 45.8 Å². The molecule has 5 atom stereocenters. The van der Waals surface area contributed by atoms with E-state index >= 15 is 0 Å². The van der Waals surface area contributed by atoms with E-state index in [9.17, 15) is 10.2 Å². The summed E-state index contributed by atoms with van der Waals surface area (Å²) in [6.07, 6.45) is 0.290. The standard InChI is InChI=1S/C29H48N8O3/c1-4-11-36-21-33(3)27(30)24-28(36)37(20-31-24)29-26(39)25(38)23(40-29)19-32(2)14-15-34-12-8-13-35(17-16-34)18-22-9-6-5-7-10-22/h5-7,9-10,20,23,25-27,29,38-39H,4,8,11-19,21,30H2,1-3H3/t23-,25-,26-,27?,29?/m1/s1. The predicted octanol–water partition coefficient (Wildman–Crippen LogP) is 0.719. The van der Waals surface area contributed by atoms with E-state index in [0.717, 1.165) is 70.3 Å². The summed E-state index contributed by atoms with van der Waals surface area (Å²) in [5.74, 6) is 0.875. The van der Waals surface area contributed by atoms with Crippen molar-refractivity contribution in [1.82, 2.24) is 29.2 Å². The maximum atomic E-state index is 11.0. The zero-order valence-corrected chi connectivity index (χ0v) is 24.3. The summed E-state index contributed by atoms with van der Waals surface area (Å²) < 4.78 is 8.18. The Bertz CT molecular complexity index is 1070. The van der Waals surface area contributed by atoms with E-state index in [1.165, 1.54) is 12.0 Å². The van der Waals surface area contributed by atoms with E-state index in [2.05, 4.69) is 73.8 Å². The molecule has 3 aliphatic rings. The molecule has 222 valence electrons. The minimum atomic E-state index is -1.04. The molecular weight excluding hydrogens is 508 g/mol. The third-order valence-electron chi connectivity index (χ3n) is 8.57. The number of anilines is 1. The van der Waals surface area contributed by atoms with Crippen LogP contribution in [0.5, 0.6) is 0 Å². The average Bonchev–Trinajstić information content (AvgIpc) is 3.41. The van der Waals surface area contributed by atoms with Gasteiger partial charge in [0.15, 0.2) is 6.23 Å². The molecule has 0 spiro atoms. The lowest BCUT2D eigenvalue weighted by atomic mass is 10.1. The van der Waals surface area contributed by atoms with Crippen LogP contribution in [0.4, 0.5) is 5.82 Å². The Kier molecular flexibility index (Phi) is 9.75. The molecule has 2 fully saturated rings. The molecule has 2 unspecified atom stereocenters. The fourth-order valence-electron chi connectivity index (χ4n) is 6.24. The molecule has 5 rings (SSSR count). The maximum Gasteiger partial charge on any atom is 0.165 e. The van der Waals surface area contributed by atoms with Gasteiger partial charge in [-0.05, 0) is 45.6 Å². The van der Waals surface area contributed by atoms with Gasteiger partial charge in [0.05, 0.1) is 13.0 Å². The van der Waals surface area contributed by atoms with Crippen LogP contribution >= 0.6 is 0 Å². The lowest BCUT2D eigenvalue weighted by Crippen LogP contribution is -2.47. The lowest BCUT2D eigenvalue weighted by Gasteiger charge is -2.39. The number of aliphatic hydroxyl groups is 2. The van der Waals surface area contributed by atoms with Crippen molar-refractivity contribution in [3.05, 3.63) is 47.9 Å². The molecular formula is C29H48N8O3. The number of benzene rings is 1. The van der Waals surface area contributed by atoms with E-state index in [-0.39, 0.29) is 6.17 Å². The maximum absolute atomic E-state index is 11.0. The van der Waals surface area contributed by atoms with Gasteiger partial charge in [0.2, 0.25) is 0 Å². The van der Waals surface area contributed by atoms with E-state index in [0.29, 0.717) is 13.2 Å². The van der Waals surface area contributed by atoms with Gasteiger partial charge in [0.25, 0.3) is 0 Å². The largest absolute Gasteiger partial charge is 0.387 e. The van der Waals surface area contributed by atoms with Gasteiger partial charge in [-0.25, -0.2) is 4.98 Å². The Morgan fingerprint density at radius 2 is 1.80 bits per heavy atom. The molecule has 0 saturated carbocycles. The van der Waals surface area contributed by atoms with Crippen LogP contribution in [-0.2, 0) is 11.3 Å². The number of rotatable bonds is 10. The SMILES string of the molecule is CCCN1CN(C)C(N)c2ncn(C3O[C@H](CN(C)CCN4CCCN(Cc5ccccc5)CC4)[C@@H](O)[C@H]3O)c21. The van der Waals surface area contributed by atoms with Crippen LogP contribution in [0, 0.1) is 0 Å². The van der Waals surface area contributed by atoms with Crippen LogP contribution in [0.1, 0.15) is 43.4 Å². The quantitative estimate of drug-likeness (QED) is 0.387. The predicted molar refractivity (Wildman–Crippen MR) is 156 cm³/mol. The molecule has 1 aromatic heterocycles. The van der Waals surface area contributed by atoms with Crippen molar-refractivity contribution < 1.29 is 14.9 Å². The van der Waals surface area contributed by atoms with Crippen LogP contribution in [0.15, 0.2) is 36.7 Å². The zero-order valence-electron chi connectivity index (χ0n) is 24.3. The second-order valence-corrected chi connectivity index (χ2v) is 11.7. The fourth-order valence-corrected chi connectivity index (χ4v) is 6.24. The number of imidazole rings is 1. The van der Waals surface area contributed by atoms with Gasteiger partial charge in [-0.2, -0.15) is 0 Å². The van der Waals surface area contributed by atoms with E-state index in [1.807, 2.05) is 11.6 Å². The number of aromatic nitrogens is 2. The average molecular weight is 557 g/mol. The summed E-state index contributed by atoms with van der Waals surface area (Å²) in [6, 6.07) is 10.7. The van der Waals surface area contributed by atoms with Crippen molar-refractivity contribution in [2.75, 3.05) is 78.0 Å². The first kappa shape index (κ1) is 29.4. The number of hydrogen-bond donors (Lipinski definition) is 3. The Hall–Kier alpha value is -2.09. The molecule has 40 heavy (non-hydrogen) atoms. The van der Waals surface area contributed by atoms with Gasteiger partial charge in [-0.15, -0.1) is 0 Å². The van der Waals surface area contributed by atoms with Crippen molar-refractivity contribution in [2.45, 2.75) is 57.0 Å². The van der Waals surface area contributed by atoms with Crippen molar-refractivity contribution >= 4 is 5.82 Å². The first-order valence-electron chi connectivity index (χ1n) is 14.8. The third-order valence-corrected chi connectivity index (χ3v) is 8.57. The molecule has 0 radical (unpaired) electrons. The Morgan fingerprint density at radius 3 is 2.58 bits per heavy atom. The number of likely N-dealkylation sites (N-methyl/N-ethyl adjacent to an activating group) is 1. The summed E-state index contributed by atoms with van der Waals surface area (Å²) in [6.45, 7) is 11.4. The van der Waals surface area contributed by atoms with Crippen LogP contribution in [0.2, 0.25) is 0 Å². The van der Waals surface area contributed by atoms with E-state index in [4.69, 9.17) is 10.5 Å². The minimum Gasteiger partial charge on any atom is -0.387 e. The van der Waals surface area contributed by atoms with Crippen LogP contribution in [0.25, 0.3) is 0 Å². The highest BCUT2D eigenvalue weighted by Gasteiger charge is 2.46. The second kappa shape index (κ2) is 13.3. The number of ether oxygens (including phenoxy) is 1. The fraction of sp³-hybridized carbons (Fsp3) is 0.690.